The van der Waals surface area contributed by atoms with E-state index in [0.29, 0.717) is 11.7 Å². The van der Waals surface area contributed by atoms with Crippen molar-refractivity contribution in [3.05, 3.63) is 24.3 Å². The van der Waals surface area contributed by atoms with Crippen molar-refractivity contribution in [2.24, 2.45) is 0 Å². The van der Waals surface area contributed by atoms with Crippen molar-refractivity contribution >= 4 is 5.91 Å². The van der Waals surface area contributed by atoms with E-state index < -0.39 is 0 Å². The summed E-state index contributed by atoms with van der Waals surface area (Å²) in [6.07, 6.45) is 6.70. The Kier molecular flexibility index (Phi) is 4.03. The quantitative estimate of drug-likeness (QED) is 0.836. The van der Waals surface area contributed by atoms with Gasteiger partial charge in [-0.3, -0.25) is 9.78 Å². The molecule has 0 saturated carbocycles. The molecular formula is C12H18N4O. The molecule has 1 aromatic heterocycles. The molecule has 0 spiro atoms. The van der Waals surface area contributed by atoms with Crippen LogP contribution in [0.1, 0.15) is 30.3 Å². The van der Waals surface area contributed by atoms with E-state index in [2.05, 4.69) is 15.3 Å². The van der Waals surface area contributed by atoms with Gasteiger partial charge in [-0.15, -0.1) is 0 Å². The molecule has 1 aromatic rings. The van der Waals surface area contributed by atoms with Crippen molar-refractivity contribution in [1.82, 2.24) is 20.2 Å². The smallest absolute Gasteiger partial charge is 0.274 e. The van der Waals surface area contributed by atoms with Crippen LogP contribution in [-0.2, 0) is 0 Å². The molecule has 5 heteroatoms. The highest BCUT2D eigenvalue weighted by molar-refractivity contribution is 5.92. The van der Waals surface area contributed by atoms with Gasteiger partial charge in [0.15, 0.2) is 0 Å². The number of amides is 1. The minimum atomic E-state index is -0.00694. The molecule has 1 N–H and O–H groups in total. The summed E-state index contributed by atoms with van der Waals surface area (Å²) in [6, 6.07) is 0.329. The minimum Gasteiger partial charge on any atom is -0.334 e. The van der Waals surface area contributed by atoms with Gasteiger partial charge in [-0.05, 0) is 32.9 Å². The first-order valence-electron chi connectivity index (χ1n) is 6.10. The Morgan fingerprint density at radius 2 is 2.24 bits per heavy atom. The molecule has 0 aromatic carbocycles. The summed E-state index contributed by atoms with van der Waals surface area (Å²) in [7, 11) is 0. The van der Waals surface area contributed by atoms with E-state index in [4.69, 9.17) is 0 Å². The number of rotatable bonds is 3. The summed E-state index contributed by atoms with van der Waals surface area (Å²) >= 11 is 0. The number of nitrogens with zero attached hydrogens (tertiary/aromatic N) is 3. The van der Waals surface area contributed by atoms with E-state index in [1.54, 1.807) is 12.4 Å². The number of carbonyl (C=O) groups excluding carboxylic acids is 1. The molecule has 1 saturated heterocycles. The lowest BCUT2D eigenvalue weighted by atomic mass is 10.0. The highest BCUT2D eigenvalue weighted by atomic mass is 16.2. The van der Waals surface area contributed by atoms with Crippen molar-refractivity contribution < 1.29 is 4.79 Å². The van der Waals surface area contributed by atoms with Gasteiger partial charge in [-0.2, -0.15) is 0 Å². The van der Waals surface area contributed by atoms with Gasteiger partial charge < -0.3 is 10.2 Å². The van der Waals surface area contributed by atoms with Crippen LogP contribution in [0, 0.1) is 0 Å². The summed E-state index contributed by atoms with van der Waals surface area (Å²) in [5.41, 5.74) is 0.438. The third-order valence-electron chi connectivity index (χ3n) is 3.13. The van der Waals surface area contributed by atoms with E-state index in [1.165, 1.54) is 6.20 Å². The van der Waals surface area contributed by atoms with Gasteiger partial charge in [-0.1, -0.05) is 0 Å². The second-order valence-corrected chi connectivity index (χ2v) is 4.16. The van der Waals surface area contributed by atoms with E-state index >= 15 is 0 Å². The van der Waals surface area contributed by atoms with Crippen LogP contribution in [0.3, 0.4) is 0 Å². The van der Waals surface area contributed by atoms with E-state index in [1.807, 2.05) is 11.8 Å². The Balaban J connectivity index is 2.09. The Morgan fingerprint density at radius 1 is 1.47 bits per heavy atom. The number of nitrogens with one attached hydrogen (secondary N) is 1. The maximum atomic E-state index is 12.3. The molecule has 0 bridgehead atoms. The van der Waals surface area contributed by atoms with Gasteiger partial charge in [-0.25, -0.2) is 4.98 Å². The van der Waals surface area contributed by atoms with E-state index in [9.17, 15) is 4.79 Å². The molecule has 2 rings (SSSR count). The van der Waals surface area contributed by atoms with Crippen molar-refractivity contribution in [2.45, 2.75) is 25.8 Å². The first-order chi connectivity index (χ1) is 8.33. The summed E-state index contributed by atoms with van der Waals surface area (Å²) in [6.45, 7) is 4.69. The molecule has 5 nitrogen and oxygen atoms in total. The summed E-state index contributed by atoms with van der Waals surface area (Å²) in [4.78, 5) is 22.2. The molecule has 92 valence electrons. The van der Waals surface area contributed by atoms with Crippen LogP contribution in [0.5, 0.6) is 0 Å². The average Bonchev–Trinajstić information content (AvgIpc) is 2.42. The monoisotopic (exact) mass is 234 g/mol. The van der Waals surface area contributed by atoms with Crippen molar-refractivity contribution in [2.75, 3.05) is 19.6 Å². The number of hydrogen-bond acceptors (Lipinski definition) is 4. The molecule has 1 aliphatic heterocycles. The second-order valence-electron chi connectivity index (χ2n) is 4.16. The maximum absolute atomic E-state index is 12.3. The van der Waals surface area contributed by atoms with Crippen molar-refractivity contribution in [3.8, 4) is 0 Å². The third-order valence-corrected chi connectivity index (χ3v) is 3.13. The zero-order chi connectivity index (χ0) is 12.1. The van der Waals surface area contributed by atoms with Crippen LogP contribution in [0.4, 0.5) is 0 Å². The summed E-state index contributed by atoms with van der Waals surface area (Å²) < 4.78 is 0. The zero-order valence-corrected chi connectivity index (χ0v) is 10.1. The van der Waals surface area contributed by atoms with Gasteiger partial charge in [0.25, 0.3) is 5.91 Å². The van der Waals surface area contributed by atoms with Gasteiger partial charge in [0.2, 0.25) is 0 Å². The molecule has 1 aliphatic rings. The lowest BCUT2D eigenvalue weighted by Crippen LogP contribution is -2.46. The normalized spacial score (nSPS) is 16.8. The van der Waals surface area contributed by atoms with Crippen LogP contribution in [-0.4, -0.2) is 46.5 Å². The fraction of sp³-hybridized carbons (Fsp3) is 0.583. The summed E-state index contributed by atoms with van der Waals surface area (Å²) in [5.74, 6) is -0.00694. The van der Waals surface area contributed by atoms with Crippen LogP contribution < -0.4 is 5.32 Å². The summed E-state index contributed by atoms with van der Waals surface area (Å²) in [5, 5.41) is 3.31. The molecule has 0 unspecified atom stereocenters. The molecule has 17 heavy (non-hydrogen) atoms. The predicted molar refractivity (Wildman–Crippen MR) is 64.6 cm³/mol. The van der Waals surface area contributed by atoms with Gasteiger partial charge in [0, 0.05) is 25.0 Å². The van der Waals surface area contributed by atoms with Crippen LogP contribution in [0.15, 0.2) is 18.6 Å². The standard InChI is InChI=1S/C12H18N4O/c1-2-16(10-3-5-13-6-4-10)12(17)11-9-14-7-8-15-11/h7-10,13H,2-6H2,1H3. The van der Waals surface area contributed by atoms with E-state index in [-0.39, 0.29) is 5.91 Å². The lowest BCUT2D eigenvalue weighted by molar-refractivity contribution is 0.0649. The van der Waals surface area contributed by atoms with Gasteiger partial charge in [0.1, 0.15) is 5.69 Å². The van der Waals surface area contributed by atoms with Crippen LogP contribution >= 0.6 is 0 Å². The van der Waals surface area contributed by atoms with E-state index in [0.717, 1.165) is 32.5 Å². The largest absolute Gasteiger partial charge is 0.334 e. The van der Waals surface area contributed by atoms with Crippen molar-refractivity contribution in [3.63, 3.8) is 0 Å². The highest BCUT2D eigenvalue weighted by Gasteiger charge is 2.25. The average molecular weight is 234 g/mol. The van der Waals surface area contributed by atoms with Crippen LogP contribution in [0.25, 0.3) is 0 Å². The zero-order valence-electron chi connectivity index (χ0n) is 10.1. The molecular weight excluding hydrogens is 216 g/mol. The van der Waals surface area contributed by atoms with Gasteiger partial charge >= 0.3 is 0 Å². The predicted octanol–water partition coefficient (Wildman–Crippen LogP) is 0.691. The number of hydrogen-bond donors (Lipinski definition) is 1. The van der Waals surface area contributed by atoms with Crippen LogP contribution in [0.2, 0.25) is 0 Å². The number of aromatic nitrogens is 2. The molecule has 1 amide bonds. The highest BCUT2D eigenvalue weighted by Crippen LogP contribution is 2.14. The SMILES string of the molecule is CCN(C(=O)c1cnccn1)C1CCNCC1. The Morgan fingerprint density at radius 3 is 2.82 bits per heavy atom. The van der Waals surface area contributed by atoms with Crippen molar-refractivity contribution in [1.29, 1.82) is 0 Å². The molecule has 0 atom stereocenters. The maximum Gasteiger partial charge on any atom is 0.274 e. The topological polar surface area (TPSA) is 58.1 Å². The molecule has 0 radical (unpaired) electrons. The fourth-order valence-electron chi connectivity index (χ4n) is 2.24. The molecule has 1 fully saturated rings. The van der Waals surface area contributed by atoms with Gasteiger partial charge in [0.05, 0.1) is 6.20 Å². The lowest BCUT2D eigenvalue weighted by Gasteiger charge is -2.33. The third kappa shape index (κ3) is 2.79. The number of piperidine rings is 1. The molecule has 0 aliphatic carbocycles. The minimum absolute atomic E-state index is 0.00694. The Labute approximate surface area is 101 Å². The molecule has 2 heterocycles. The second kappa shape index (κ2) is 5.72. The Hall–Kier alpha value is -1.49. The number of carbonyl (C=O) groups is 1. The first-order valence-corrected chi connectivity index (χ1v) is 6.10. The Bertz CT molecular complexity index is 362. The first kappa shape index (κ1) is 12.0. The fourth-order valence-corrected chi connectivity index (χ4v) is 2.24.